The highest BCUT2D eigenvalue weighted by molar-refractivity contribution is 8.00. The summed E-state index contributed by atoms with van der Waals surface area (Å²) in [5, 5.41) is 12.0. The lowest BCUT2D eigenvalue weighted by Crippen LogP contribution is -2.39. The van der Waals surface area contributed by atoms with Crippen LogP contribution in [0.2, 0.25) is 0 Å². The van der Waals surface area contributed by atoms with E-state index in [9.17, 15) is 24.3 Å². The van der Waals surface area contributed by atoms with Crippen molar-refractivity contribution in [3.8, 4) is 5.75 Å². The van der Waals surface area contributed by atoms with Gasteiger partial charge in [-0.2, -0.15) is 0 Å². The number of nitrogens with one attached hydrogen (secondary N) is 1. The first-order valence-electron chi connectivity index (χ1n) is 10.3. The van der Waals surface area contributed by atoms with Gasteiger partial charge < -0.3 is 10.0 Å². The number of rotatable bonds is 3. The Hall–Kier alpha value is -2.59. The van der Waals surface area contributed by atoms with E-state index in [1.54, 1.807) is 17.0 Å². The fourth-order valence-corrected chi connectivity index (χ4v) is 7.34. The molecule has 10 heteroatoms. The van der Waals surface area contributed by atoms with Gasteiger partial charge in [0.15, 0.2) is 0 Å². The van der Waals surface area contributed by atoms with Crippen LogP contribution in [-0.2, 0) is 20.9 Å². The predicted molar refractivity (Wildman–Crippen MR) is 115 cm³/mol. The molecule has 2 fully saturated rings. The highest BCUT2D eigenvalue weighted by Gasteiger charge is 2.52. The summed E-state index contributed by atoms with van der Waals surface area (Å²) in [6, 6.07) is 6.47. The lowest BCUT2D eigenvalue weighted by Gasteiger charge is -2.31. The summed E-state index contributed by atoms with van der Waals surface area (Å²) < 4.78 is 1.46. The largest absolute Gasteiger partial charge is 0.508 e. The molecule has 0 bridgehead atoms. The van der Waals surface area contributed by atoms with E-state index in [0.29, 0.717) is 23.0 Å². The number of fused-ring (bicyclic) bond motifs is 2. The topological polar surface area (TPSA) is 109 Å². The summed E-state index contributed by atoms with van der Waals surface area (Å²) in [6.45, 7) is 1.34. The van der Waals surface area contributed by atoms with Crippen molar-refractivity contribution < 1.29 is 19.5 Å². The summed E-state index contributed by atoms with van der Waals surface area (Å²) in [5.74, 6) is -1.87. The Kier molecular flexibility index (Phi) is 5.13. The standard InChI is InChI=1S/C21H21N3O5S2/c25-12-6-4-11(5-7-12)14-15-16(19(28)22-18(15)27)30-20-17(14)31-21(29)24(20)10-13(26)23-8-2-1-3-9-23/h4-7,14-16,25H,1-3,8-10H2,(H,22,27,28)/t14-,15?,16?/m0/s1. The van der Waals surface area contributed by atoms with Gasteiger partial charge in [0, 0.05) is 23.9 Å². The van der Waals surface area contributed by atoms with E-state index >= 15 is 0 Å². The maximum atomic E-state index is 12.9. The number of thiazole rings is 1. The zero-order valence-corrected chi connectivity index (χ0v) is 18.2. The van der Waals surface area contributed by atoms with Crippen molar-refractivity contribution in [2.45, 2.75) is 42.0 Å². The molecule has 2 saturated heterocycles. The number of imide groups is 1. The van der Waals surface area contributed by atoms with Crippen LogP contribution in [0.5, 0.6) is 5.75 Å². The molecule has 0 saturated carbocycles. The van der Waals surface area contributed by atoms with Crippen LogP contribution in [-0.4, -0.2) is 50.6 Å². The molecule has 1 aromatic carbocycles. The number of piperidine rings is 1. The Balaban J connectivity index is 1.56. The first-order chi connectivity index (χ1) is 14.9. The van der Waals surface area contributed by atoms with E-state index < -0.39 is 17.1 Å². The van der Waals surface area contributed by atoms with E-state index in [2.05, 4.69) is 5.32 Å². The van der Waals surface area contributed by atoms with Gasteiger partial charge in [0.1, 0.15) is 17.5 Å². The molecule has 162 valence electrons. The van der Waals surface area contributed by atoms with Crippen molar-refractivity contribution >= 4 is 40.8 Å². The number of likely N-dealkylation sites (tertiary alicyclic amines) is 1. The number of carbonyl (C=O) groups is 3. The minimum atomic E-state index is -0.663. The molecule has 3 aliphatic heterocycles. The molecular weight excluding hydrogens is 438 g/mol. The van der Waals surface area contributed by atoms with Crippen LogP contribution in [0.4, 0.5) is 0 Å². The summed E-state index contributed by atoms with van der Waals surface area (Å²) in [6.07, 6.45) is 3.03. The Morgan fingerprint density at radius 1 is 1.06 bits per heavy atom. The predicted octanol–water partition coefficient (Wildman–Crippen LogP) is 1.51. The van der Waals surface area contributed by atoms with Crippen molar-refractivity contribution in [1.29, 1.82) is 0 Å². The maximum absolute atomic E-state index is 12.9. The zero-order valence-electron chi connectivity index (χ0n) is 16.6. The van der Waals surface area contributed by atoms with Crippen LogP contribution < -0.4 is 10.2 Å². The van der Waals surface area contributed by atoms with Crippen LogP contribution in [0.25, 0.3) is 0 Å². The lowest BCUT2D eigenvalue weighted by molar-refractivity contribution is -0.133. The fourth-order valence-electron chi connectivity index (χ4n) is 4.60. The van der Waals surface area contributed by atoms with E-state index in [-0.39, 0.29) is 34.9 Å². The number of hydrogen-bond acceptors (Lipinski definition) is 7. The molecule has 0 aliphatic carbocycles. The van der Waals surface area contributed by atoms with Crippen molar-refractivity contribution in [3.05, 3.63) is 44.4 Å². The van der Waals surface area contributed by atoms with E-state index in [1.165, 1.54) is 28.5 Å². The molecule has 2 N–H and O–H groups in total. The van der Waals surface area contributed by atoms with Gasteiger partial charge >= 0.3 is 4.87 Å². The van der Waals surface area contributed by atoms with Gasteiger partial charge in [-0.3, -0.25) is 29.1 Å². The summed E-state index contributed by atoms with van der Waals surface area (Å²) in [4.78, 5) is 53.1. The highest BCUT2D eigenvalue weighted by Crippen LogP contribution is 2.51. The number of carbonyl (C=O) groups excluding carboxylic acids is 3. The summed E-state index contributed by atoms with van der Waals surface area (Å²) in [5.41, 5.74) is 0.745. The SMILES string of the molecule is O=C1NC(=O)C2C1Sc1c(sc(=O)n1CC(=O)N1CCCCC1)[C@H]2c1ccc(O)cc1. The summed E-state index contributed by atoms with van der Waals surface area (Å²) in [7, 11) is 0. The molecule has 0 spiro atoms. The average molecular weight is 460 g/mol. The highest BCUT2D eigenvalue weighted by atomic mass is 32.2. The summed E-state index contributed by atoms with van der Waals surface area (Å²) >= 11 is 2.22. The third-order valence-electron chi connectivity index (χ3n) is 6.14. The fraction of sp³-hybridized carbons (Fsp3) is 0.429. The maximum Gasteiger partial charge on any atom is 0.308 e. The van der Waals surface area contributed by atoms with Gasteiger partial charge in [0.2, 0.25) is 17.7 Å². The first-order valence-corrected chi connectivity index (χ1v) is 12.0. The van der Waals surface area contributed by atoms with Gasteiger partial charge in [-0.25, -0.2) is 0 Å². The van der Waals surface area contributed by atoms with Crippen LogP contribution in [0, 0.1) is 5.92 Å². The molecule has 5 rings (SSSR count). The Morgan fingerprint density at radius 3 is 2.48 bits per heavy atom. The molecule has 3 aliphatic rings. The molecule has 2 aromatic rings. The van der Waals surface area contributed by atoms with Crippen LogP contribution in [0.3, 0.4) is 0 Å². The molecule has 8 nitrogen and oxygen atoms in total. The second-order valence-electron chi connectivity index (χ2n) is 8.05. The third kappa shape index (κ3) is 3.47. The molecule has 1 aromatic heterocycles. The number of phenolic OH excluding ortho intramolecular Hbond substituents is 1. The third-order valence-corrected chi connectivity index (χ3v) is 8.76. The number of phenols is 1. The lowest BCUT2D eigenvalue weighted by atomic mass is 9.83. The van der Waals surface area contributed by atoms with Crippen LogP contribution >= 0.6 is 23.1 Å². The second kappa shape index (κ2) is 7.83. The monoisotopic (exact) mass is 459 g/mol. The second-order valence-corrected chi connectivity index (χ2v) is 10.2. The Morgan fingerprint density at radius 2 is 1.77 bits per heavy atom. The van der Waals surface area contributed by atoms with E-state index in [4.69, 9.17) is 0 Å². The van der Waals surface area contributed by atoms with Crippen molar-refractivity contribution in [1.82, 2.24) is 14.8 Å². The number of hydrogen-bond donors (Lipinski definition) is 2. The van der Waals surface area contributed by atoms with Crippen molar-refractivity contribution in [3.63, 3.8) is 0 Å². The number of aromatic nitrogens is 1. The van der Waals surface area contributed by atoms with Crippen LogP contribution in [0.15, 0.2) is 34.1 Å². The van der Waals surface area contributed by atoms with E-state index in [1.807, 2.05) is 0 Å². The molecule has 2 unspecified atom stereocenters. The van der Waals surface area contributed by atoms with Gasteiger partial charge in [-0.1, -0.05) is 35.2 Å². The van der Waals surface area contributed by atoms with E-state index in [0.717, 1.165) is 36.2 Å². The van der Waals surface area contributed by atoms with Crippen molar-refractivity contribution in [2.24, 2.45) is 5.92 Å². The Labute approximate surface area is 186 Å². The van der Waals surface area contributed by atoms with Crippen LogP contribution in [0.1, 0.15) is 35.6 Å². The number of amides is 3. The number of thioether (sulfide) groups is 1. The number of nitrogens with zero attached hydrogens (tertiary/aromatic N) is 2. The molecule has 3 amide bonds. The quantitative estimate of drug-likeness (QED) is 0.674. The average Bonchev–Trinajstić information content (AvgIpc) is 3.23. The smallest absolute Gasteiger partial charge is 0.308 e. The van der Waals surface area contributed by atoms with Gasteiger partial charge in [0.05, 0.1) is 10.9 Å². The minimum Gasteiger partial charge on any atom is -0.508 e. The zero-order chi connectivity index (χ0) is 21.7. The molecule has 0 radical (unpaired) electrons. The minimum absolute atomic E-state index is 0.0626. The van der Waals surface area contributed by atoms with Gasteiger partial charge in [-0.15, -0.1) is 0 Å². The molecule has 4 heterocycles. The van der Waals surface area contributed by atoms with Gasteiger partial charge in [0.25, 0.3) is 0 Å². The molecule has 3 atom stereocenters. The molecule has 31 heavy (non-hydrogen) atoms. The normalized spacial score (nSPS) is 25.2. The van der Waals surface area contributed by atoms with Crippen molar-refractivity contribution in [2.75, 3.05) is 13.1 Å². The number of aromatic hydroxyl groups is 1. The Bertz CT molecular complexity index is 1120. The number of benzene rings is 1. The molecular formula is C21H21N3O5S2. The van der Waals surface area contributed by atoms with Gasteiger partial charge in [-0.05, 0) is 37.0 Å². The first kappa shape index (κ1) is 20.3.